The molecule has 2 aromatic rings. The zero-order valence-corrected chi connectivity index (χ0v) is 17.0. The third kappa shape index (κ3) is 6.47. The fraction of sp³-hybridized carbons (Fsp3) is 0.211. The van der Waals surface area contributed by atoms with Gasteiger partial charge in [-0.1, -0.05) is 11.6 Å². The molecule has 0 aliphatic rings. The van der Waals surface area contributed by atoms with Crippen LogP contribution >= 0.6 is 23.4 Å². The summed E-state index contributed by atoms with van der Waals surface area (Å²) in [7, 11) is 2.66. The Labute approximate surface area is 172 Å². The summed E-state index contributed by atoms with van der Waals surface area (Å²) in [6.45, 7) is 1.78. The molecule has 28 heavy (non-hydrogen) atoms. The highest BCUT2D eigenvalue weighted by Gasteiger charge is 2.14. The molecule has 1 N–H and O–H groups in total. The third-order valence-electron chi connectivity index (χ3n) is 3.43. The van der Waals surface area contributed by atoms with E-state index >= 15 is 0 Å². The van der Waals surface area contributed by atoms with Gasteiger partial charge in [-0.3, -0.25) is 4.79 Å². The summed E-state index contributed by atoms with van der Waals surface area (Å²) in [5, 5.41) is 4.25. The van der Waals surface area contributed by atoms with Crippen molar-refractivity contribution in [1.82, 2.24) is 5.43 Å². The number of methoxy groups -OCH3 is 2. The predicted octanol–water partition coefficient (Wildman–Crippen LogP) is 4.12. The summed E-state index contributed by atoms with van der Waals surface area (Å²) in [4.78, 5) is 24.3. The highest BCUT2D eigenvalue weighted by Crippen LogP contribution is 2.28. The largest absolute Gasteiger partial charge is 0.513 e. The van der Waals surface area contributed by atoms with Gasteiger partial charge in [-0.2, -0.15) is 5.10 Å². The van der Waals surface area contributed by atoms with Crippen LogP contribution in [0, 0.1) is 0 Å². The highest BCUT2D eigenvalue weighted by molar-refractivity contribution is 8.00. The number of hydrogen-bond donors (Lipinski definition) is 1. The van der Waals surface area contributed by atoms with Gasteiger partial charge in [0.1, 0.15) is 0 Å². The third-order valence-corrected chi connectivity index (χ3v) is 4.80. The van der Waals surface area contributed by atoms with Crippen LogP contribution in [0.4, 0.5) is 4.79 Å². The summed E-state index contributed by atoms with van der Waals surface area (Å²) in [5.41, 5.74) is 3.14. The Morgan fingerprint density at radius 3 is 2.50 bits per heavy atom. The molecule has 0 spiro atoms. The van der Waals surface area contributed by atoms with Gasteiger partial charge in [-0.05, 0) is 55.0 Å². The second kappa shape index (κ2) is 10.6. The van der Waals surface area contributed by atoms with Crippen LogP contribution in [0.1, 0.15) is 12.5 Å². The Bertz CT molecular complexity index is 858. The van der Waals surface area contributed by atoms with E-state index in [2.05, 4.69) is 15.3 Å². The minimum Gasteiger partial charge on any atom is -0.493 e. The lowest BCUT2D eigenvalue weighted by molar-refractivity contribution is -0.120. The average Bonchev–Trinajstić information content (AvgIpc) is 2.70. The molecule has 0 heterocycles. The number of halogens is 1. The Hall–Kier alpha value is -2.71. The molecule has 0 fully saturated rings. The van der Waals surface area contributed by atoms with Crippen LogP contribution < -0.4 is 14.9 Å². The van der Waals surface area contributed by atoms with Gasteiger partial charge >= 0.3 is 6.16 Å². The van der Waals surface area contributed by atoms with E-state index in [-0.39, 0.29) is 16.9 Å². The number of hydrogen-bond acceptors (Lipinski definition) is 7. The number of amides is 1. The summed E-state index contributed by atoms with van der Waals surface area (Å²) >= 11 is 7.25. The average molecular weight is 423 g/mol. The number of nitrogens with one attached hydrogen (secondary N) is 1. The van der Waals surface area contributed by atoms with Crippen molar-refractivity contribution in [3.05, 3.63) is 53.1 Å². The maximum Gasteiger partial charge on any atom is 0.513 e. The maximum atomic E-state index is 12.2. The molecule has 1 amide bonds. The van der Waals surface area contributed by atoms with E-state index in [0.717, 1.165) is 4.90 Å². The summed E-state index contributed by atoms with van der Waals surface area (Å²) in [6, 6.07) is 12.1. The first-order valence-corrected chi connectivity index (χ1v) is 9.37. The predicted molar refractivity (Wildman–Crippen MR) is 109 cm³/mol. The number of carbonyl (C=O) groups excluding carboxylic acids is 2. The molecule has 0 aliphatic heterocycles. The molecule has 0 radical (unpaired) electrons. The molecule has 0 aliphatic carbocycles. The Morgan fingerprint density at radius 1 is 1.14 bits per heavy atom. The van der Waals surface area contributed by atoms with Crippen LogP contribution in [0.2, 0.25) is 5.02 Å². The van der Waals surface area contributed by atoms with E-state index in [1.165, 1.54) is 38.3 Å². The Morgan fingerprint density at radius 2 is 1.86 bits per heavy atom. The van der Waals surface area contributed by atoms with Crippen LogP contribution in [-0.4, -0.2) is 37.7 Å². The van der Waals surface area contributed by atoms with Gasteiger partial charge in [0.2, 0.25) is 0 Å². The monoisotopic (exact) mass is 422 g/mol. The van der Waals surface area contributed by atoms with Crippen LogP contribution in [-0.2, 0) is 9.53 Å². The van der Waals surface area contributed by atoms with Crippen LogP contribution in [0.15, 0.2) is 52.5 Å². The zero-order chi connectivity index (χ0) is 20.5. The van der Waals surface area contributed by atoms with Crippen molar-refractivity contribution in [2.75, 3.05) is 14.2 Å². The fourth-order valence-corrected chi connectivity index (χ4v) is 3.00. The van der Waals surface area contributed by atoms with Crippen molar-refractivity contribution in [1.29, 1.82) is 0 Å². The van der Waals surface area contributed by atoms with E-state index in [4.69, 9.17) is 21.1 Å². The molecule has 0 saturated heterocycles. The molecule has 0 aromatic heterocycles. The Kier molecular flexibility index (Phi) is 8.16. The molecular weight excluding hydrogens is 404 g/mol. The number of ether oxygens (including phenoxy) is 3. The van der Waals surface area contributed by atoms with Crippen LogP contribution in [0.3, 0.4) is 0 Å². The Balaban J connectivity index is 1.94. The van der Waals surface area contributed by atoms with Gasteiger partial charge in [0.15, 0.2) is 11.5 Å². The number of benzene rings is 2. The quantitative estimate of drug-likeness (QED) is 0.237. The summed E-state index contributed by atoms with van der Waals surface area (Å²) in [6.07, 6.45) is 0.612. The lowest BCUT2D eigenvalue weighted by atomic mass is 10.2. The first kappa shape index (κ1) is 21.6. The lowest BCUT2D eigenvalue weighted by Crippen LogP contribution is -2.26. The molecule has 0 saturated carbocycles. The first-order valence-electron chi connectivity index (χ1n) is 8.12. The number of nitrogens with zero attached hydrogens (tertiary/aromatic N) is 1. The van der Waals surface area contributed by atoms with Crippen molar-refractivity contribution in [3.63, 3.8) is 0 Å². The van der Waals surface area contributed by atoms with Gasteiger partial charge in [-0.15, -0.1) is 11.8 Å². The molecule has 1 atom stereocenters. The van der Waals surface area contributed by atoms with E-state index in [1.54, 1.807) is 31.2 Å². The van der Waals surface area contributed by atoms with Crippen LogP contribution in [0.25, 0.3) is 0 Å². The number of rotatable bonds is 7. The maximum absolute atomic E-state index is 12.2. The van der Waals surface area contributed by atoms with E-state index in [1.807, 2.05) is 12.1 Å². The van der Waals surface area contributed by atoms with Crippen molar-refractivity contribution in [2.45, 2.75) is 17.1 Å². The summed E-state index contributed by atoms with van der Waals surface area (Å²) in [5.74, 6) is 0.296. The van der Waals surface area contributed by atoms with Gasteiger partial charge in [0.05, 0.1) is 25.7 Å². The SMILES string of the molecule is COC(=O)Oc1ccc(/C=N\NC(=O)[C@@H](C)Sc2ccc(Cl)cc2)cc1OC. The smallest absolute Gasteiger partial charge is 0.493 e. The topological polar surface area (TPSA) is 86.2 Å². The van der Waals surface area contributed by atoms with Gasteiger partial charge in [0.25, 0.3) is 5.91 Å². The number of hydrazone groups is 1. The second-order valence-electron chi connectivity index (χ2n) is 5.41. The molecule has 0 bridgehead atoms. The minimum absolute atomic E-state index is 0.212. The van der Waals surface area contributed by atoms with Crippen LogP contribution in [0.5, 0.6) is 11.5 Å². The normalized spacial score (nSPS) is 11.7. The molecule has 0 unspecified atom stereocenters. The molecular formula is C19H19ClN2O5S. The molecule has 148 valence electrons. The number of carbonyl (C=O) groups is 2. The molecule has 7 nitrogen and oxygen atoms in total. The van der Waals surface area contributed by atoms with Crippen molar-refractivity contribution in [2.24, 2.45) is 5.10 Å². The molecule has 2 rings (SSSR count). The number of thioether (sulfide) groups is 1. The highest BCUT2D eigenvalue weighted by atomic mass is 35.5. The van der Waals surface area contributed by atoms with Gasteiger partial charge < -0.3 is 14.2 Å². The second-order valence-corrected chi connectivity index (χ2v) is 7.27. The fourth-order valence-electron chi connectivity index (χ4n) is 2.01. The standard InChI is InChI=1S/C19H19ClN2O5S/c1-12(28-15-7-5-14(20)6-8-15)18(23)22-21-11-13-4-9-16(17(10-13)25-2)27-19(24)26-3/h4-12H,1-3H3,(H,22,23)/b21-11-/t12-/m1/s1. The van der Waals surface area contributed by atoms with Crippen molar-refractivity contribution < 1.29 is 23.8 Å². The van der Waals surface area contributed by atoms with Gasteiger partial charge in [-0.25, -0.2) is 10.2 Å². The zero-order valence-electron chi connectivity index (χ0n) is 15.5. The minimum atomic E-state index is -0.848. The van der Waals surface area contributed by atoms with Gasteiger partial charge in [0, 0.05) is 9.92 Å². The van der Waals surface area contributed by atoms with E-state index in [0.29, 0.717) is 16.3 Å². The van der Waals surface area contributed by atoms with Crippen molar-refractivity contribution in [3.8, 4) is 11.5 Å². The molecule has 9 heteroatoms. The summed E-state index contributed by atoms with van der Waals surface area (Å²) < 4.78 is 14.6. The molecule has 2 aromatic carbocycles. The lowest BCUT2D eigenvalue weighted by Gasteiger charge is -2.10. The first-order chi connectivity index (χ1) is 13.4. The van der Waals surface area contributed by atoms with Crippen molar-refractivity contribution >= 4 is 41.6 Å². The van der Waals surface area contributed by atoms with E-state index in [9.17, 15) is 9.59 Å². The van der Waals surface area contributed by atoms with E-state index < -0.39 is 6.16 Å².